The standard InChI is InChI=1S/C20H31N3O3/c1-14(2)17(22-19(25)26-20(3,4)5)18(24)15-6-8-16(9-7-15)23-12-10-21-11-13-23/h6-9,14,17,21H,10-13H2,1-5H3,(H,22,25). The number of nitrogens with zero attached hydrogens (tertiary/aromatic N) is 1. The summed E-state index contributed by atoms with van der Waals surface area (Å²) >= 11 is 0. The van der Waals surface area contributed by atoms with E-state index in [-0.39, 0.29) is 11.7 Å². The van der Waals surface area contributed by atoms with Crippen LogP contribution in [0, 0.1) is 5.92 Å². The monoisotopic (exact) mass is 361 g/mol. The van der Waals surface area contributed by atoms with Gasteiger partial charge in [0, 0.05) is 37.4 Å². The SMILES string of the molecule is CC(C)C(NC(=O)OC(C)(C)C)C(=O)c1ccc(N2CCNCC2)cc1. The Kier molecular flexibility index (Phi) is 6.64. The van der Waals surface area contributed by atoms with Gasteiger partial charge in [0.1, 0.15) is 5.60 Å². The van der Waals surface area contributed by atoms with Crippen molar-refractivity contribution in [2.45, 2.75) is 46.3 Å². The number of rotatable bonds is 5. The summed E-state index contributed by atoms with van der Waals surface area (Å²) in [4.78, 5) is 27.2. The third-order valence-corrected chi connectivity index (χ3v) is 4.26. The normalized spacial score (nSPS) is 16.3. The van der Waals surface area contributed by atoms with E-state index in [1.54, 1.807) is 20.8 Å². The molecule has 0 bridgehead atoms. The Labute approximate surface area is 156 Å². The molecule has 1 aromatic rings. The van der Waals surface area contributed by atoms with E-state index in [9.17, 15) is 9.59 Å². The van der Waals surface area contributed by atoms with E-state index in [4.69, 9.17) is 4.74 Å². The molecule has 2 N–H and O–H groups in total. The lowest BCUT2D eigenvalue weighted by Crippen LogP contribution is -2.46. The van der Waals surface area contributed by atoms with Crippen molar-refractivity contribution >= 4 is 17.6 Å². The van der Waals surface area contributed by atoms with Crippen molar-refractivity contribution in [3.8, 4) is 0 Å². The van der Waals surface area contributed by atoms with Gasteiger partial charge in [-0.2, -0.15) is 0 Å². The van der Waals surface area contributed by atoms with Crippen LogP contribution in [0.4, 0.5) is 10.5 Å². The van der Waals surface area contributed by atoms with Gasteiger partial charge in [-0.25, -0.2) is 4.79 Å². The number of ketones is 1. The van der Waals surface area contributed by atoms with E-state index in [0.717, 1.165) is 31.9 Å². The zero-order valence-corrected chi connectivity index (χ0v) is 16.5. The number of alkyl carbamates (subject to hydrolysis) is 1. The highest BCUT2D eigenvalue weighted by molar-refractivity contribution is 6.01. The molecule has 0 spiro atoms. The van der Waals surface area contributed by atoms with Crippen LogP contribution in [0.15, 0.2) is 24.3 Å². The van der Waals surface area contributed by atoms with Gasteiger partial charge < -0.3 is 20.3 Å². The van der Waals surface area contributed by atoms with Gasteiger partial charge in [-0.15, -0.1) is 0 Å². The molecule has 1 unspecified atom stereocenters. The third-order valence-electron chi connectivity index (χ3n) is 4.26. The number of ether oxygens (including phenoxy) is 1. The van der Waals surface area contributed by atoms with Gasteiger partial charge in [0.25, 0.3) is 0 Å². The maximum absolute atomic E-state index is 12.9. The molecule has 1 atom stereocenters. The molecule has 0 aromatic heterocycles. The highest BCUT2D eigenvalue weighted by Crippen LogP contribution is 2.18. The first-order valence-corrected chi connectivity index (χ1v) is 9.27. The molecular weight excluding hydrogens is 330 g/mol. The number of hydrogen-bond acceptors (Lipinski definition) is 5. The molecule has 0 saturated carbocycles. The minimum atomic E-state index is -0.616. The second-order valence-corrected chi connectivity index (χ2v) is 8.02. The molecule has 1 aliphatic heterocycles. The summed E-state index contributed by atoms with van der Waals surface area (Å²) in [5.74, 6) is -0.138. The average molecular weight is 361 g/mol. The number of benzene rings is 1. The fraction of sp³-hybridized carbons (Fsp3) is 0.600. The summed E-state index contributed by atoms with van der Waals surface area (Å²) in [6.45, 7) is 13.1. The molecule has 2 rings (SSSR count). The van der Waals surface area contributed by atoms with E-state index in [1.807, 2.05) is 38.1 Å². The second-order valence-electron chi connectivity index (χ2n) is 8.02. The average Bonchev–Trinajstić information content (AvgIpc) is 2.58. The predicted octanol–water partition coefficient (Wildman–Crippen LogP) is 2.83. The highest BCUT2D eigenvalue weighted by atomic mass is 16.6. The Morgan fingerprint density at radius 3 is 2.19 bits per heavy atom. The first kappa shape index (κ1) is 20.2. The van der Waals surface area contributed by atoms with Gasteiger partial charge >= 0.3 is 6.09 Å². The van der Waals surface area contributed by atoms with Gasteiger partial charge in [0.2, 0.25) is 0 Å². The topological polar surface area (TPSA) is 70.7 Å². The fourth-order valence-corrected chi connectivity index (χ4v) is 2.91. The Balaban J connectivity index is 2.07. The van der Waals surface area contributed by atoms with Crippen molar-refractivity contribution in [1.29, 1.82) is 0 Å². The van der Waals surface area contributed by atoms with Crippen LogP contribution in [-0.4, -0.2) is 49.7 Å². The summed E-state index contributed by atoms with van der Waals surface area (Å²) in [5.41, 5.74) is 1.11. The van der Waals surface area contributed by atoms with Crippen LogP contribution in [0.5, 0.6) is 0 Å². The van der Waals surface area contributed by atoms with Crippen molar-refractivity contribution < 1.29 is 14.3 Å². The number of nitrogens with one attached hydrogen (secondary N) is 2. The van der Waals surface area contributed by atoms with Gasteiger partial charge in [-0.1, -0.05) is 13.8 Å². The van der Waals surface area contributed by atoms with E-state index < -0.39 is 17.7 Å². The molecule has 1 saturated heterocycles. The summed E-state index contributed by atoms with van der Waals surface area (Å²) < 4.78 is 5.29. The Morgan fingerprint density at radius 2 is 1.69 bits per heavy atom. The lowest BCUT2D eigenvalue weighted by molar-refractivity contribution is 0.0475. The molecular formula is C20H31N3O3. The molecule has 0 radical (unpaired) electrons. The number of anilines is 1. The number of amides is 1. The molecule has 1 heterocycles. The van der Waals surface area contributed by atoms with E-state index in [0.29, 0.717) is 5.56 Å². The van der Waals surface area contributed by atoms with Crippen LogP contribution in [-0.2, 0) is 4.74 Å². The van der Waals surface area contributed by atoms with E-state index >= 15 is 0 Å². The van der Waals surface area contributed by atoms with Gasteiger partial charge in [0.05, 0.1) is 6.04 Å². The Bertz CT molecular complexity index is 614. The molecule has 1 aromatic carbocycles. The van der Waals surface area contributed by atoms with Gasteiger partial charge in [-0.3, -0.25) is 4.79 Å². The first-order valence-electron chi connectivity index (χ1n) is 9.27. The van der Waals surface area contributed by atoms with Crippen molar-refractivity contribution in [2.24, 2.45) is 5.92 Å². The number of hydrogen-bond donors (Lipinski definition) is 2. The fourth-order valence-electron chi connectivity index (χ4n) is 2.91. The maximum Gasteiger partial charge on any atom is 0.408 e. The van der Waals surface area contributed by atoms with Gasteiger partial charge in [-0.05, 0) is 51.0 Å². The van der Waals surface area contributed by atoms with Crippen molar-refractivity contribution in [3.63, 3.8) is 0 Å². The summed E-state index contributed by atoms with van der Waals surface area (Å²) in [6.07, 6.45) is -0.568. The molecule has 6 heteroatoms. The quantitative estimate of drug-likeness (QED) is 0.789. The van der Waals surface area contributed by atoms with Crippen LogP contribution in [0.25, 0.3) is 0 Å². The summed E-state index contributed by atoms with van der Waals surface area (Å²) in [6, 6.07) is 7.01. The molecule has 144 valence electrons. The number of Topliss-reactive ketones (excluding diaryl/α,β-unsaturated/α-hetero) is 1. The van der Waals surface area contributed by atoms with Crippen molar-refractivity contribution in [2.75, 3.05) is 31.1 Å². The third kappa shape index (κ3) is 5.73. The largest absolute Gasteiger partial charge is 0.444 e. The molecule has 6 nitrogen and oxygen atoms in total. The maximum atomic E-state index is 12.9. The first-order chi connectivity index (χ1) is 12.2. The van der Waals surface area contributed by atoms with Crippen molar-refractivity contribution in [1.82, 2.24) is 10.6 Å². The molecule has 1 fully saturated rings. The van der Waals surface area contributed by atoms with Crippen LogP contribution < -0.4 is 15.5 Å². The molecule has 26 heavy (non-hydrogen) atoms. The molecule has 0 aliphatic carbocycles. The van der Waals surface area contributed by atoms with E-state index in [1.165, 1.54) is 0 Å². The lowest BCUT2D eigenvalue weighted by Gasteiger charge is -2.29. The predicted molar refractivity (Wildman–Crippen MR) is 104 cm³/mol. The molecule has 1 aliphatic rings. The Morgan fingerprint density at radius 1 is 1.12 bits per heavy atom. The lowest BCUT2D eigenvalue weighted by atomic mass is 9.95. The van der Waals surface area contributed by atoms with Crippen LogP contribution in [0.3, 0.4) is 0 Å². The van der Waals surface area contributed by atoms with Crippen LogP contribution >= 0.6 is 0 Å². The minimum absolute atomic E-state index is 0.0390. The number of piperazine rings is 1. The summed E-state index contributed by atoms with van der Waals surface area (Å²) in [5, 5.41) is 6.05. The second kappa shape index (κ2) is 8.54. The van der Waals surface area contributed by atoms with Crippen LogP contribution in [0.2, 0.25) is 0 Å². The zero-order chi connectivity index (χ0) is 19.3. The smallest absolute Gasteiger partial charge is 0.408 e. The van der Waals surface area contributed by atoms with Gasteiger partial charge in [0.15, 0.2) is 5.78 Å². The number of carbonyl (C=O) groups is 2. The highest BCUT2D eigenvalue weighted by Gasteiger charge is 2.27. The number of carbonyl (C=O) groups excluding carboxylic acids is 2. The summed E-state index contributed by atoms with van der Waals surface area (Å²) in [7, 11) is 0. The van der Waals surface area contributed by atoms with Crippen LogP contribution in [0.1, 0.15) is 45.0 Å². The zero-order valence-electron chi connectivity index (χ0n) is 16.5. The van der Waals surface area contributed by atoms with E-state index in [2.05, 4.69) is 15.5 Å². The minimum Gasteiger partial charge on any atom is -0.444 e. The molecule has 1 amide bonds. The van der Waals surface area contributed by atoms with Crippen molar-refractivity contribution in [3.05, 3.63) is 29.8 Å². The Hall–Kier alpha value is -2.08.